The van der Waals surface area contributed by atoms with Crippen LogP contribution in [0.1, 0.15) is 71.9 Å². The molecule has 0 unspecified atom stereocenters. The molecule has 6 heterocycles. The quantitative estimate of drug-likeness (QED) is 0.0359. The third kappa shape index (κ3) is 16.3. The topological polar surface area (TPSA) is 427 Å². The predicted molar refractivity (Wildman–Crippen MR) is 335 cm³/mol. The van der Waals surface area contributed by atoms with Crippen molar-refractivity contribution < 1.29 is 34.5 Å². The van der Waals surface area contributed by atoms with Gasteiger partial charge in [-0.15, -0.1) is 0 Å². The third-order valence-electron chi connectivity index (χ3n) is 14.9. The average molecular weight is 1210 g/mol. The van der Waals surface area contributed by atoms with Crippen LogP contribution in [-0.2, 0) is 19.2 Å². The van der Waals surface area contributed by atoms with Crippen molar-refractivity contribution in [1.29, 1.82) is 0 Å². The first kappa shape index (κ1) is 65.9. The maximum absolute atomic E-state index is 12.5. The molecule has 88 heavy (non-hydrogen) atoms. The highest BCUT2D eigenvalue weighted by Gasteiger charge is 2.28. The van der Waals surface area contributed by atoms with Gasteiger partial charge in [0.05, 0.1) is 34.1 Å². The number of fused-ring (bicyclic) bond motifs is 6. The molecule has 466 valence electrons. The summed E-state index contributed by atoms with van der Waals surface area (Å²) in [5.41, 5.74) is 27.1. The first-order chi connectivity index (χ1) is 41.7. The van der Waals surface area contributed by atoms with Gasteiger partial charge in [0.1, 0.15) is 41.1 Å². The van der Waals surface area contributed by atoms with Gasteiger partial charge in [0.2, 0.25) is 5.91 Å². The highest BCUT2D eigenvalue weighted by molar-refractivity contribution is 5.87. The number of aromatic amines is 3. The second-order valence-corrected chi connectivity index (χ2v) is 21.7. The molecular weight excluding hydrogens is 1130 g/mol. The number of hydrogen-bond acceptors (Lipinski definition) is 21. The Kier molecular flexibility index (Phi) is 21.9. The zero-order chi connectivity index (χ0) is 64.3. The van der Waals surface area contributed by atoms with Gasteiger partial charge in [-0.2, -0.15) is 0 Å². The number of carbonyl (C=O) groups excluding carboxylic acids is 1. The highest BCUT2D eigenvalue weighted by Crippen LogP contribution is 2.39. The van der Waals surface area contributed by atoms with Crippen LogP contribution in [0.2, 0.25) is 0 Å². The van der Waals surface area contributed by atoms with Crippen molar-refractivity contribution in [3.8, 4) is 0 Å². The number of carboxylic acid groups (broad SMARTS) is 3. The molecule has 3 aromatic carbocycles. The molecule has 1 amide bonds. The molecule has 0 spiro atoms. The van der Waals surface area contributed by atoms with E-state index in [-0.39, 0.29) is 64.0 Å². The summed E-state index contributed by atoms with van der Waals surface area (Å²) in [5, 5.41) is 36.4. The summed E-state index contributed by atoms with van der Waals surface area (Å²) in [5.74, 6) is -2.20. The number of unbranched alkanes of at least 4 members (excludes halogenated alkanes) is 1. The largest absolute Gasteiger partial charge is 0.480 e. The van der Waals surface area contributed by atoms with Crippen LogP contribution >= 0.6 is 0 Å². The summed E-state index contributed by atoms with van der Waals surface area (Å²) in [4.78, 5) is 122. The number of carboxylic acids is 3. The number of hydrogen-bond donors (Lipinski definition) is 12. The summed E-state index contributed by atoms with van der Waals surface area (Å²) < 4.78 is 0. The van der Waals surface area contributed by atoms with Crippen molar-refractivity contribution in [1.82, 2.24) is 45.9 Å². The summed E-state index contributed by atoms with van der Waals surface area (Å²) in [7, 11) is 0. The number of H-pyrrole nitrogens is 3. The Labute approximate surface area is 504 Å². The van der Waals surface area contributed by atoms with Crippen molar-refractivity contribution in [3.05, 3.63) is 133 Å². The van der Waals surface area contributed by atoms with Gasteiger partial charge in [0, 0.05) is 32.7 Å². The van der Waals surface area contributed by atoms with Gasteiger partial charge in [-0.3, -0.25) is 33.6 Å². The SMILES string of the molecule is C=c1nc2c(c(=O)[nH]1)=Nc1cc(C)c(C)cc1N2CC(=O)NCC[C@H](N)C(=O)O.C=c1nc2c(c(=O)[nH]1)=Nc1cc(C)c(C)cc1N2CCNCCCC[C@@H](N)C(=O)O.C=c1nc2c(c(=O)[nH]1)=Nc1cc(C)c(C)cc1N2CCNCCC[C@H](N)C(=O)O. The molecule has 6 aromatic rings. The molecule has 0 saturated carbocycles. The number of nitrogens with zero attached hydrogens (tertiary/aromatic N) is 9. The molecule has 0 aliphatic carbocycles. The van der Waals surface area contributed by atoms with Crippen molar-refractivity contribution in [2.24, 2.45) is 32.2 Å². The second kappa shape index (κ2) is 29.2. The van der Waals surface area contributed by atoms with E-state index in [1.54, 1.807) is 4.90 Å². The lowest BCUT2D eigenvalue weighted by Gasteiger charge is -2.28. The summed E-state index contributed by atoms with van der Waals surface area (Å²) in [6.07, 6.45) is 3.22. The molecule has 3 atom stereocenters. The van der Waals surface area contributed by atoms with Crippen molar-refractivity contribution in [2.45, 2.75) is 98.2 Å². The van der Waals surface area contributed by atoms with Gasteiger partial charge in [0.25, 0.3) is 16.7 Å². The molecule has 15 N–H and O–H groups in total. The van der Waals surface area contributed by atoms with E-state index in [1.165, 1.54) is 0 Å². The normalized spacial score (nSPS) is 13.3. The lowest BCUT2D eigenvalue weighted by atomic mass is 10.1. The van der Waals surface area contributed by atoms with E-state index in [2.05, 4.69) is 92.7 Å². The number of aliphatic carboxylic acids is 3. The summed E-state index contributed by atoms with van der Waals surface area (Å²) in [6, 6.07) is 9.11. The minimum atomic E-state index is -1.13. The molecule has 0 bridgehead atoms. The first-order valence-electron chi connectivity index (χ1n) is 28.6. The molecule has 3 aromatic heterocycles. The molecule has 9 rings (SSSR count). The summed E-state index contributed by atoms with van der Waals surface area (Å²) >= 11 is 0. The number of rotatable bonds is 23. The molecular formula is C60H76N18O10. The molecule has 28 heteroatoms. The number of nitrogens with two attached hydrogens (primary N) is 3. The standard InChI is InChI=1S/C21H28N6O3.C20H26N6O3.C19H22N6O4/c1-12-10-16-17(11-13(12)2)27(19-18(26-16)20(28)25-14(3)24-19)9-8-23-7-5-4-6-15(22)21(29)30;1-11-9-15-16(10-12(11)2)26(8-7-22-6-4-5-14(21)20(28)29)18-17(25-15)19(27)24-13(3)23-18;1-9-6-13-14(7-10(9)2)25(8-15(26)21-5-4-12(20)19(28)29)17-16(24-13)18(27)23-11(3)22-17/h10-11,15,23H,3-9,22H2,1-2H3,(H,25,28)(H,29,30);9-10,14,22H,3-8,21H2,1-2H3,(H,24,27)(H,28,29);6-7,12H,3-5,8,20H2,1-2H3,(H,21,26)(H,23,27)(H,28,29)/t15-;14-;12-/m100/s1. The van der Waals surface area contributed by atoms with E-state index in [4.69, 9.17) is 32.5 Å². The fourth-order valence-corrected chi connectivity index (χ4v) is 9.59. The Hall–Kier alpha value is -9.61. The minimum Gasteiger partial charge on any atom is -0.480 e. The number of benzene rings is 3. The number of carbonyl (C=O) groups is 4. The Morgan fingerprint density at radius 2 is 0.807 bits per heavy atom. The van der Waals surface area contributed by atoms with Crippen LogP contribution in [0, 0.1) is 41.5 Å². The van der Waals surface area contributed by atoms with Crippen molar-refractivity contribution in [3.63, 3.8) is 0 Å². The maximum atomic E-state index is 12.5. The average Bonchev–Trinajstić information content (AvgIpc) is 0.882. The van der Waals surface area contributed by atoms with E-state index in [0.717, 1.165) is 75.5 Å². The Morgan fingerprint density at radius 1 is 0.477 bits per heavy atom. The molecule has 28 nitrogen and oxygen atoms in total. The lowest BCUT2D eigenvalue weighted by Crippen LogP contribution is -2.45. The van der Waals surface area contributed by atoms with Crippen LogP contribution in [-0.4, -0.2) is 140 Å². The van der Waals surface area contributed by atoms with Gasteiger partial charge in [-0.1, -0.05) is 26.2 Å². The smallest absolute Gasteiger partial charge is 0.320 e. The zero-order valence-electron chi connectivity index (χ0n) is 50.2. The van der Waals surface area contributed by atoms with E-state index in [9.17, 15) is 33.6 Å². The second-order valence-electron chi connectivity index (χ2n) is 21.7. The Bertz CT molecular complexity index is 4210. The van der Waals surface area contributed by atoms with Crippen LogP contribution in [0.25, 0.3) is 19.7 Å². The van der Waals surface area contributed by atoms with Crippen molar-refractivity contribution >= 4 is 95.1 Å². The van der Waals surface area contributed by atoms with Gasteiger partial charge < -0.3 is 78.1 Å². The molecule has 0 fully saturated rings. The molecule has 0 radical (unpaired) electrons. The Morgan fingerprint density at radius 3 is 1.19 bits per heavy atom. The lowest BCUT2D eigenvalue weighted by molar-refractivity contribution is -0.139. The minimum absolute atomic E-state index is 0.100. The van der Waals surface area contributed by atoms with Crippen LogP contribution in [0.5, 0.6) is 0 Å². The third-order valence-corrected chi connectivity index (χ3v) is 14.9. The molecule has 3 aliphatic heterocycles. The predicted octanol–water partition coefficient (Wildman–Crippen LogP) is -0.529. The Balaban J connectivity index is 0.000000188. The van der Waals surface area contributed by atoms with Gasteiger partial charge in [-0.05, 0) is 157 Å². The van der Waals surface area contributed by atoms with Gasteiger partial charge in [-0.25, -0.2) is 29.9 Å². The van der Waals surface area contributed by atoms with Crippen LogP contribution in [0.3, 0.4) is 0 Å². The number of anilines is 6. The van der Waals surface area contributed by atoms with Gasteiger partial charge in [0.15, 0.2) is 33.5 Å². The van der Waals surface area contributed by atoms with Crippen LogP contribution in [0.4, 0.5) is 51.6 Å². The monoisotopic (exact) mass is 1210 g/mol. The number of nitrogens with one attached hydrogen (secondary N) is 6. The maximum Gasteiger partial charge on any atom is 0.320 e. The van der Waals surface area contributed by atoms with E-state index >= 15 is 0 Å². The van der Waals surface area contributed by atoms with Crippen LogP contribution < -0.4 is 97.0 Å². The first-order valence-corrected chi connectivity index (χ1v) is 28.6. The zero-order valence-corrected chi connectivity index (χ0v) is 50.2. The fraction of sp³-hybridized carbons (Fsp3) is 0.383. The fourth-order valence-electron chi connectivity index (χ4n) is 9.59. The molecule has 3 aliphatic rings. The van der Waals surface area contributed by atoms with E-state index in [1.807, 2.05) is 75.6 Å². The van der Waals surface area contributed by atoms with E-state index in [0.29, 0.717) is 85.8 Å². The van der Waals surface area contributed by atoms with Crippen LogP contribution in [0.15, 0.2) is 65.8 Å². The van der Waals surface area contributed by atoms with Crippen molar-refractivity contribution in [2.75, 3.05) is 67.1 Å². The number of aromatic nitrogens is 6. The number of amides is 1. The van der Waals surface area contributed by atoms with E-state index < -0.39 is 41.6 Å². The summed E-state index contributed by atoms with van der Waals surface area (Å²) in [6.45, 7) is 27.0. The molecule has 0 saturated heterocycles. The number of aryl methyl sites for hydroxylation is 6. The highest BCUT2D eigenvalue weighted by atomic mass is 16.4. The van der Waals surface area contributed by atoms with Gasteiger partial charge >= 0.3 is 17.9 Å².